The average molecular weight is 632 g/mol. The van der Waals surface area contributed by atoms with Crippen LogP contribution in [-0.4, -0.2) is 8.07 Å². The fourth-order valence-corrected chi connectivity index (χ4v) is 8.69. The van der Waals surface area contributed by atoms with E-state index in [0.29, 0.717) is 6.08 Å². The highest BCUT2D eigenvalue weighted by Gasteiger charge is 2.54. The Hall–Kier alpha value is -4.21. The lowest BCUT2D eigenvalue weighted by Gasteiger charge is -2.32. The Balaban J connectivity index is 2.47. The van der Waals surface area contributed by atoms with Crippen LogP contribution in [0.4, 0.5) is 65.9 Å². The molecule has 4 aromatic carbocycles. The van der Waals surface area contributed by atoms with Gasteiger partial charge >= 0.3 is 0 Å². The van der Waals surface area contributed by atoms with Crippen LogP contribution in [0.5, 0.6) is 0 Å². The molecule has 0 aliphatic heterocycles. The van der Waals surface area contributed by atoms with Gasteiger partial charge in [0.1, 0.15) is 0 Å². The second-order valence-corrected chi connectivity index (χ2v) is 11.8. The Kier molecular flexibility index (Phi) is 7.97. The minimum absolute atomic E-state index is 0.100. The molecule has 0 saturated heterocycles. The molecule has 0 radical (unpaired) electrons. The van der Waals surface area contributed by atoms with Crippen molar-refractivity contribution < 1.29 is 65.9 Å². The fourth-order valence-electron chi connectivity index (χ4n) is 4.26. The van der Waals surface area contributed by atoms with Crippen LogP contribution in [0.15, 0.2) is 36.0 Å². The molecule has 220 valence electrons. The van der Waals surface area contributed by atoms with Crippen LogP contribution in [0.1, 0.15) is 5.56 Å². The van der Waals surface area contributed by atoms with Crippen molar-refractivity contribution in [2.75, 3.05) is 0 Å². The molecule has 0 aliphatic carbocycles. The molecule has 0 nitrogen and oxygen atoms in total. The first kappa shape index (κ1) is 30.7. The van der Waals surface area contributed by atoms with Crippen molar-refractivity contribution in [3.05, 3.63) is 129 Å². The summed E-state index contributed by atoms with van der Waals surface area (Å²) in [5, 5.41) is -7.84. The molecule has 0 spiro atoms. The molecule has 0 heterocycles. The maximum Gasteiger partial charge on any atom is 0.200 e. The molecule has 0 aliphatic rings. The Morgan fingerprint density at radius 2 is 0.571 bits per heavy atom. The molecule has 0 unspecified atom stereocenters. The third kappa shape index (κ3) is 4.35. The highest BCUT2D eigenvalue weighted by molar-refractivity contribution is 7.15. The van der Waals surface area contributed by atoms with Crippen LogP contribution in [0.2, 0.25) is 0 Å². The summed E-state index contributed by atoms with van der Waals surface area (Å²) in [7, 11) is -7.00. The lowest BCUT2D eigenvalue weighted by molar-refractivity contribution is 0.380. The number of rotatable bonds is 5. The van der Waals surface area contributed by atoms with Gasteiger partial charge in [-0.2, -0.15) is 0 Å². The minimum Gasteiger partial charge on any atom is -0.204 e. The van der Waals surface area contributed by atoms with E-state index in [9.17, 15) is 39.5 Å². The van der Waals surface area contributed by atoms with Gasteiger partial charge in [-0.1, -0.05) is 42.1 Å². The lowest BCUT2D eigenvalue weighted by Crippen LogP contribution is -2.72. The zero-order valence-electron chi connectivity index (χ0n) is 19.7. The van der Waals surface area contributed by atoms with Crippen molar-refractivity contribution in [3.8, 4) is 0 Å². The largest absolute Gasteiger partial charge is 0.204 e. The van der Waals surface area contributed by atoms with Crippen LogP contribution in [0.25, 0.3) is 6.08 Å². The van der Waals surface area contributed by atoms with Crippen molar-refractivity contribution in [1.29, 1.82) is 0 Å². The van der Waals surface area contributed by atoms with Crippen LogP contribution in [0, 0.1) is 87.3 Å². The topological polar surface area (TPSA) is 0 Å². The zero-order valence-corrected chi connectivity index (χ0v) is 20.7. The molecule has 4 rings (SSSR count). The smallest absolute Gasteiger partial charge is 0.200 e. The normalized spacial score (nSPS) is 12.1. The van der Waals surface area contributed by atoms with E-state index in [4.69, 9.17) is 0 Å². The predicted molar refractivity (Wildman–Crippen MR) is 119 cm³/mol. The zero-order chi connectivity index (χ0) is 31.4. The van der Waals surface area contributed by atoms with Gasteiger partial charge < -0.3 is 0 Å². The first-order valence-electron chi connectivity index (χ1n) is 10.9. The number of hydrogen-bond acceptors (Lipinski definition) is 0. The van der Waals surface area contributed by atoms with E-state index in [2.05, 4.69) is 0 Å². The van der Waals surface area contributed by atoms with Gasteiger partial charge in [0.2, 0.25) is 17.5 Å². The van der Waals surface area contributed by atoms with Crippen molar-refractivity contribution in [2.45, 2.75) is 0 Å². The van der Waals surface area contributed by atoms with Crippen LogP contribution in [-0.2, 0) is 0 Å². The third-order valence-electron chi connectivity index (χ3n) is 6.14. The Labute approximate surface area is 225 Å². The van der Waals surface area contributed by atoms with Crippen molar-refractivity contribution >= 4 is 29.7 Å². The van der Waals surface area contributed by atoms with E-state index in [1.165, 1.54) is 18.2 Å². The summed E-state index contributed by atoms with van der Waals surface area (Å²) < 4.78 is 220. The molecule has 0 fully saturated rings. The van der Waals surface area contributed by atoms with E-state index in [1.807, 2.05) is 0 Å². The maximum atomic E-state index is 15.3. The van der Waals surface area contributed by atoms with Crippen LogP contribution >= 0.6 is 0 Å². The quantitative estimate of drug-likeness (QED) is 0.0776. The highest BCUT2D eigenvalue weighted by Crippen LogP contribution is 2.29. The summed E-state index contributed by atoms with van der Waals surface area (Å²) in [6.45, 7) is 0. The molecular formula is C26H7F15Si. The molecular weight excluding hydrogens is 625 g/mol. The van der Waals surface area contributed by atoms with Crippen LogP contribution in [0.3, 0.4) is 0 Å². The molecule has 0 N–H and O–H groups in total. The third-order valence-corrected chi connectivity index (χ3v) is 10.5. The predicted octanol–water partition coefficient (Wildman–Crippen LogP) is 6.50. The van der Waals surface area contributed by atoms with E-state index >= 15 is 26.3 Å². The van der Waals surface area contributed by atoms with Gasteiger partial charge in [-0.25, -0.2) is 65.9 Å². The summed E-state index contributed by atoms with van der Waals surface area (Å²) in [5.74, 6) is -45.2. The summed E-state index contributed by atoms with van der Waals surface area (Å²) in [6.07, 6.45) is 0.431. The second kappa shape index (κ2) is 10.9. The summed E-state index contributed by atoms with van der Waals surface area (Å²) in [5.41, 5.74) is -0.358. The van der Waals surface area contributed by atoms with E-state index in [-0.39, 0.29) is 11.3 Å². The number of benzene rings is 4. The van der Waals surface area contributed by atoms with Gasteiger partial charge in [0.05, 0.1) is 0 Å². The Morgan fingerprint density at radius 3 is 0.833 bits per heavy atom. The number of halogens is 15. The van der Waals surface area contributed by atoms with Crippen molar-refractivity contribution in [1.82, 2.24) is 0 Å². The summed E-state index contributed by atoms with van der Waals surface area (Å²) >= 11 is 0. The molecule has 0 amide bonds. The first-order valence-corrected chi connectivity index (χ1v) is 13.0. The van der Waals surface area contributed by atoms with Gasteiger partial charge in [0, 0.05) is 15.6 Å². The summed E-state index contributed by atoms with van der Waals surface area (Å²) in [4.78, 5) is 0. The molecule has 0 atom stereocenters. The average Bonchev–Trinajstić information content (AvgIpc) is 2.98. The molecule has 0 aromatic heterocycles. The molecule has 42 heavy (non-hydrogen) atoms. The lowest BCUT2D eigenvalue weighted by atomic mass is 10.2. The van der Waals surface area contributed by atoms with E-state index in [0.717, 1.165) is 12.1 Å². The van der Waals surface area contributed by atoms with Crippen molar-refractivity contribution in [2.24, 2.45) is 0 Å². The first-order chi connectivity index (χ1) is 19.6. The van der Waals surface area contributed by atoms with Gasteiger partial charge in [-0.3, -0.25) is 0 Å². The molecule has 0 bridgehead atoms. The molecule has 16 heteroatoms. The molecule has 0 saturated carbocycles. The van der Waals surface area contributed by atoms with E-state index in [1.54, 1.807) is 0 Å². The van der Waals surface area contributed by atoms with Gasteiger partial charge in [0.25, 0.3) is 0 Å². The monoisotopic (exact) mass is 632 g/mol. The van der Waals surface area contributed by atoms with E-state index < -0.39 is 111 Å². The minimum atomic E-state index is -7.00. The standard InChI is InChI=1S/C26H7F15Si/c27-9-12(30)18(36)24(19(37)13(9)31)42(7-6-8-4-2-1-3-5-8,25-20(38)14(32)10(28)15(33)21(25)39)26-22(40)16(34)11(29)17(35)23(26)41/h1-7H. The van der Waals surface area contributed by atoms with Crippen molar-refractivity contribution in [3.63, 3.8) is 0 Å². The SMILES string of the molecule is Fc1c(F)c(F)c([Si](C=Cc2ccccc2)(c2c(F)c(F)c(F)c(F)c2F)c2c(F)c(F)c(F)c(F)c2F)c(F)c1F. The maximum absolute atomic E-state index is 15.3. The fraction of sp³-hybridized carbons (Fsp3) is 0. The van der Waals surface area contributed by atoms with Gasteiger partial charge in [0.15, 0.2) is 77.9 Å². The van der Waals surface area contributed by atoms with Gasteiger partial charge in [-0.15, -0.1) is 0 Å². The molecule has 4 aromatic rings. The Morgan fingerprint density at radius 1 is 0.333 bits per heavy atom. The summed E-state index contributed by atoms with van der Waals surface area (Å²) in [6, 6.07) is 5.87. The second-order valence-electron chi connectivity index (χ2n) is 8.39. The number of hydrogen-bond donors (Lipinski definition) is 0. The van der Waals surface area contributed by atoms with Gasteiger partial charge in [-0.05, 0) is 5.56 Å². The van der Waals surface area contributed by atoms with Crippen LogP contribution < -0.4 is 15.6 Å². The Bertz CT molecular complexity index is 1530. The highest BCUT2D eigenvalue weighted by atomic mass is 28.3.